The van der Waals surface area contributed by atoms with Crippen molar-refractivity contribution in [3.8, 4) is 0 Å². The molecule has 0 aliphatic carbocycles. The number of nitrogens with zero attached hydrogens (tertiary/aromatic N) is 1. The maximum Gasteiger partial charge on any atom is 0.246 e. The number of benzene rings is 1. The van der Waals surface area contributed by atoms with Gasteiger partial charge in [0, 0.05) is 13.1 Å². The first-order valence-corrected chi connectivity index (χ1v) is 9.31. The van der Waals surface area contributed by atoms with Crippen LogP contribution in [0.4, 0.5) is 0 Å². The summed E-state index contributed by atoms with van der Waals surface area (Å²) in [4.78, 5) is 14.2. The number of carbonyl (C=O) groups is 1. The van der Waals surface area contributed by atoms with Crippen molar-refractivity contribution in [2.45, 2.75) is 64.2 Å². The molecule has 1 aliphatic rings. The summed E-state index contributed by atoms with van der Waals surface area (Å²) in [5.41, 5.74) is 1.42. The summed E-state index contributed by atoms with van der Waals surface area (Å²) in [5.74, 6) is 0.813. The van der Waals surface area contributed by atoms with Gasteiger partial charge in [-0.2, -0.15) is 0 Å². The fraction of sp³-hybridized carbons (Fsp3) is 0.571. The Hall–Kier alpha value is -1.57. The lowest BCUT2D eigenvalue weighted by Gasteiger charge is -2.31. The number of likely N-dealkylation sites (tertiary alicyclic amines) is 1. The predicted molar refractivity (Wildman–Crippen MR) is 97.5 cm³/mol. The first-order valence-electron chi connectivity index (χ1n) is 9.31. The van der Waals surface area contributed by atoms with Crippen LogP contribution in [0.3, 0.4) is 0 Å². The molecule has 126 valence electrons. The number of rotatable bonds is 8. The van der Waals surface area contributed by atoms with Gasteiger partial charge in [0.25, 0.3) is 0 Å². The van der Waals surface area contributed by atoms with Crippen LogP contribution in [0.2, 0.25) is 0 Å². The first kappa shape index (κ1) is 17.8. The third-order valence-electron chi connectivity index (χ3n) is 4.81. The molecule has 0 N–H and O–H groups in total. The van der Waals surface area contributed by atoms with Crippen LogP contribution in [0, 0.1) is 0 Å². The van der Waals surface area contributed by atoms with E-state index in [1.165, 1.54) is 37.7 Å². The average molecular weight is 313 g/mol. The van der Waals surface area contributed by atoms with E-state index >= 15 is 0 Å². The summed E-state index contributed by atoms with van der Waals surface area (Å²) in [5, 5.41) is 0. The zero-order valence-corrected chi connectivity index (χ0v) is 14.5. The molecule has 0 spiro atoms. The third kappa shape index (κ3) is 6.21. The molecule has 0 atom stereocenters. The van der Waals surface area contributed by atoms with Crippen molar-refractivity contribution >= 4 is 5.91 Å². The Bertz CT molecular complexity index is 472. The first-order chi connectivity index (χ1) is 11.3. The van der Waals surface area contributed by atoms with E-state index < -0.39 is 0 Å². The second-order valence-electron chi connectivity index (χ2n) is 6.62. The molecule has 0 radical (unpaired) electrons. The van der Waals surface area contributed by atoms with E-state index in [9.17, 15) is 4.79 Å². The lowest BCUT2D eigenvalue weighted by Crippen LogP contribution is -2.36. The van der Waals surface area contributed by atoms with Gasteiger partial charge in [-0.15, -0.1) is 0 Å². The van der Waals surface area contributed by atoms with Gasteiger partial charge in [0.1, 0.15) is 0 Å². The molecule has 0 unspecified atom stereocenters. The van der Waals surface area contributed by atoms with Crippen LogP contribution in [0.25, 0.3) is 0 Å². The number of amides is 1. The monoisotopic (exact) mass is 313 g/mol. The number of unbranched alkanes of at least 4 members (excludes halogenated alkanes) is 5. The van der Waals surface area contributed by atoms with Gasteiger partial charge in [0.15, 0.2) is 0 Å². The van der Waals surface area contributed by atoms with Crippen molar-refractivity contribution in [3.63, 3.8) is 0 Å². The molecule has 1 aromatic carbocycles. The SMILES string of the molecule is CCCCCCCC=CC(=O)N1CCC(c2ccccc2)CC1. The van der Waals surface area contributed by atoms with Gasteiger partial charge in [-0.1, -0.05) is 69.0 Å². The van der Waals surface area contributed by atoms with Crippen LogP contribution in [-0.4, -0.2) is 23.9 Å². The molecule has 1 heterocycles. The van der Waals surface area contributed by atoms with Crippen molar-refractivity contribution in [2.75, 3.05) is 13.1 Å². The Morgan fingerprint density at radius 2 is 1.78 bits per heavy atom. The maximum atomic E-state index is 12.2. The zero-order valence-electron chi connectivity index (χ0n) is 14.5. The highest BCUT2D eigenvalue weighted by Gasteiger charge is 2.22. The minimum Gasteiger partial charge on any atom is -0.339 e. The van der Waals surface area contributed by atoms with Crippen molar-refractivity contribution in [3.05, 3.63) is 48.0 Å². The fourth-order valence-corrected chi connectivity index (χ4v) is 3.31. The molecule has 1 aliphatic heterocycles. The van der Waals surface area contributed by atoms with Crippen LogP contribution in [-0.2, 0) is 4.79 Å². The van der Waals surface area contributed by atoms with E-state index in [1.54, 1.807) is 6.08 Å². The Morgan fingerprint density at radius 3 is 2.48 bits per heavy atom. The molecule has 0 aromatic heterocycles. The lowest BCUT2D eigenvalue weighted by molar-refractivity contribution is -0.127. The minimum atomic E-state index is 0.199. The molecule has 0 bridgehead atoms. The molecule has 1 saturated heterocycles. The maximum absolute atomic E-state index is 12.2. The smallest absolute Gasteiger partial charge is 0.246 e. The largest absolute Gasteiger partial charge is 0.339 e. The average Bonchev–Trinajstić information content (AvgIpc) is 2.61. The van der Waals surface area contributed by atoms with Gasteiger partial charge in [0.05, 0.1) is 0 Å². The molecule has 23 heavy (non-hydrogen) atoms. The van der Waals surface area contributed by atoms with Crippen molar-refractivity contribution < 1.29 is 4.79 Å². The lowest BCUT2D eigenvalue weighted by atomic mass is 9.89. The Balaban J connectivity index is 1.65. The molecule has 1 amide bonds. The highest BCUT2D eigenvalue weighted by Crippen LogP contribution is 2.27. The second-order valence-corrected chi connectivity index (χ2v) is 6.62. The summed E-state index contributed by atoms with van der Waals surface area (Å²) in [7, 11) is 0. The quantitative estimate of drug-likeness (QED) is 0.470. The summed E-state index contributed by atoms with van der Waals surface area (Å²) in [6.07, 6.45) is 13.5. The van der Waals surface area contributed by atoms with Crippen LogP contribution in [0.5, 0.6) is 0 Å². The Kier molecular flexibility index (Phi) is 7.92. The number of piperidine rings is 1. The van der Waals surface area contributed by atoms with Crippen molar-refractivity contribution in [2.24, 2.45) is 0 Å². The predicted octanol–water partition coefficient (Wildman–Crippen LogP) is 5.31. The highest BCUT2D eigenvalue weighted by molar-refractivity contribution is 5.87. The molecule has 0 saturated carbocycles. The van der Waals surface area contributed by atoms with E-state index in [1.807, 2.05) is 4.90 Å². The number of hydrogen-bond donors (Lipinski definition) is 0. The molecule has 1 fully saturated rings. The Labute approximate surface area is 141 Å². The van der Waals surface area contributed by atoms with Crippen molar-refractivity contribution in [1.29, 1.82) is 0 Å². The van der Waals surface area contributed by atoms with Gasteiger partial charge in [0.2, 0.25) is 5.91 Å². The minimum absolute atomic E-state index is 0.199. The third-order valence-corrected chi connectivity index (χ3v) is 4.81. The van der Waals surface area contributed by atoms with Crippen LogP contribution in [0.15, 0.2) is 42.5 Å². The van der Waals surface area contributed by atoms with E-state index in [0.717, 1.165) is 32.4 Å². The highest BCUT2D eigenvalue weighted by atomic mass is 16.2. The zero-order chi connectivity index (χ0) is 16.3. The Morgan fingerprint density at radius 1 is 1.09 bits per heavy atom. The summed E-state index contributed by atoms with van der Waals surface area (Å²) in [6, 6.07) is 10.7. The summed E-state index contributed by atoms with van der Waals surface area (Å²) in [6.45, 7) is 4.01. The fourth-order valence-electron chi connectivity index (χ4n) is 3.31. The second kappa shape index (κ2) is 10.3. The van der Waals surface area contributed by atoms with Crippen LogP contribution >= 0.6 is 0 Å². The normalized spacial score (nSPS) is 16.1. The van der Waals surface area contributed by atoms with Crippen LogP contribution in [0.1, 0.15) is 69.8 Å². The van der Waals surface area contributed by atoms with Gasteiger partial charge in [-0.05, 0) is 43.2 Å². The van der Waals surface area contributed by atoms with Crippen molar-refractivity contribution in [1.82, 2.24) is 4.90 Å². The number of allylic oxidation sites excluding steroid dienone is 1. The van der Waals surface area contributed by atoms with Crippen LogP contribution < -0.4 is 0 Å². The molecular weight excluding hydrogens is 282 g/mol. The molecule has 2 nitrogen and oxygen atoms in total. The summed E-state index contributed by atoms with van der Waals surface area (Å²) >= 11 is 0. The topological polar surface area (TPSA) is 20.3 Å². The van der Waals surface area contributed by atoms with Gasteiger partial charge < -0.3 is 4.90 Å². The molecular formula is C21H31NO. The standard InChI is InChI=1S/C21H31NO/c1-2-3-4-5-6-7-11-14-21(23)22-17-15-20(16-18-22)19-12-9-8-10-13-19/h8-14,20H,2-7,15-18H2,1H3. The van der Waals surface area contributed by atoms with E-state index in [0.29, 0.717) is 5.92 Å². The van der Waals surface area contributed by atoms with E-state index in [-0.39, 0.29) is 5.91 Å². The van der Waals surface area contributed by atoms with E-state index in [2.05, 4.69) is 43.3 Å². The van der Waals surface area contributed by atoms with Gasteiger partial charge in [-0.25, -0.2) is 0 Å². The molecule has 2 rings (SSSR count). The molecule has 2 heteroatoms. The van der Waals surface area contributed by atoms with E-state index in [4.69, 9.17) is 0 Å². The summed E-state index contributed by atoms with van der Waals surface area (Å²) < 4.78 is 0. The van der Waals surface area contributed by atoms with Gasteiger partial charge >= 0.3 is 0 Å². The van der Waals surface area contributed by atoms with Gasteiger partial charge in [-0.3, -0.25) is 4.79 Å². The number of hydrogen-bond acceptors (Lipinski definition) is 1. The molecule has 1 aromatic rings. The number of carbonyl (C=O) groups excluding carboxylic acids is 1.